The Kier molecular flexibility index (Phi) is 4.92. The third kappa shape index (κ3) is 4.13. The van der Waals surface area contributed by atoms with E-state index in [0.717, 1.165) is 11.3 Å². The molecule has 1 aromatic rings. The van der Waals surface area contributed by atoms with Crippen LogP contribution in [0.2, 0.25) is 0 Å². The van der Waals surface area contributed by atoms with Gasteiger partial charge < -0.3 is 14.8 Å². The van der Waals surface area contributed by atoms with Crippen molar-refractivity contribution in [3.05, 3.63) is 23.3 Å². The highest BCUT2D eigenvalue weighted by molar-refractivity contribution is 5.68. The summed E-state index contributed by atoms with van der Waals surface area (Å²) in [6.07, 6.45) is -0.703. The predicted octanol–water partition coefficient (Wildman–Crippen LogP) is 4.47. The van der Waals surface area contributed by atoms with Gasteiger partial charge in [0.15, 0.2) is 0 Å². The predicted molar refractivity (Wildman–Crippen MR) is 86.4 cm³/mol. The molecule has 0 radical (unpaired) electrons. The summed E-state index contributed by atoms with van der Waals surface area (Å²) >= 11 is 0. The van der Waals surface area contributed by atoms with Crippen LogP contribution in [0.25, 0.3) is 0 Å². The number of hydrogen-bond acceptors (Lipinski definition) is 4. The van der Waals surface area contributed by atoms with Crippen molar-refractivity contribution >= 4 is 11.8 Å². The summed E-state index contributed by atoms with van der Waals surface area (Å²) in [6.45, 7) is 12.8. The number of hydrogen-bond donors (Lipinski definition) is 1. The Morgan fingerprint density at radius 2 is 1.52 bits per heavy atom. The number of benzene rings is 1. The monoisotopic (exact) mass is 293 g/mol. The molecule has 0 bridgehead atoms. The van der Waals surface area contributed by atoms with Crippen LogP contribution in [0.4, 0.5) is 10.5 Å². The van der Waals surface area contributed by atoms with Crippen LogP contribution in [-0.2, 0) is 15.6 Å². The van der Waals surface area contributed by atoms with Gasteiger partial charge in [-0.15, -0.1) is 0 Å². The molecule has 118 valence electrons. The average molecular weight is 293 g/mol. The Hall–Kier alpha value is -1.71. The normalized spacial score (nSPS) is 12.0. The van der Waals surface area contributed by atoms with Crippen molar-refractivity contribution in [3.63, 3.8) is 0 Å². The molecule has 4 nitrogen and oxygen atoms in total. The van der Waals surface area contributed by atoms with E-state index in [-0.39, 0.29) is 10.8 Å². The molecule has 0 aromatic heterocycles. The Morgan fingerprint density at radius 3 is 1.90 bits per heavy atom. The van der Waals surface area contributed by atoms with Crippen LogP contribution in [0.1, 0.15) is 52.7 Å². The zero-order chi connectivity index (χ0) is 16.4. The molecule has 0 spiro atoms. The SMILES string of the molecule is CNc1cc(OC(=O)OC)c(C(C)(C)C)cc1C(C)(C)C. The van der Waals surface area contributed by atoms with E-state index in [0.29, 0.717) is 5.75 Å². The fourth-order valence-corrected chi connectivity index (χ4v) is 2.21. The van der Waals surface area contributed by atoms with Gasteiger partial charge in [-0.25, -0.2) is 4.79 Å². The first-order valence-electron chi connectivity index (χ1n) is 7.13. The molecule has 0 aliphatic heterocycles. The summed E-state index contributed by atoms with van der Waals surface area (Å²) in [7, 11) is 3.17. The molecule has 0 saturated carbocycles. The van der Waals surface area contributed by atoms with E-state index in [1.807, 2.05) is 13.1 Å². The van der Waals surface area contributed by atoms with Crippen LogP contribution in [0.3, 0.4) is 0 Å². The van der Waals surface area contributed by atoms with E-state index in [1.165, 1.54) is 12.7 Å². The minimum atomic E-state index is -0.703. The minimum absolute atomic E-state index is 0.0118. The first kappa shape index (κ1) is 17.3. The van der Waals surface area contributed by atoms with Crippen LogP contribution in [-0.4, -0.2) is 20.3 Å². The van der Waals surface area contributed by atoms with Crippen LogP contribution >= 0.6 is 0 Å². The summed E-state index contributed by atoms with van der Waals surface area (Å²) < 4.78 is 9.94. The summed E-state index contributed by atoms with van der Waals surface area (Å²) in [5.74, 6) is 0.534. The van der Waals surface area contributed by atoms with Gasteiger partial charge in [0.1, 0.15) is 5.75 Å². The number of carbonyl (C=O) groups is 1. The number of rotatable bonds is 2. The molecule has 21 heavy (non-hydrogen) atoms. The van der Waals surface area contributed by atoms with Gasteiger partial charge in [0.05, 0.1) is 7.11 Å². The molecule has 4 heteroatoms. The Labute approximate surface area is 127 Å². The van der Waals surface area contributed by atoms with Gasteiger partial charge in [-0.3, -0.25) is 0 Å². The standard InChI is InChI=1S/C17H27NO3/c1-16(2,3)11-9-12(17(4,5)6)14(10-13(11)18-7)21-15(19)20-8/h9-10,18H,1-8H3. The molecule has 0 amide bonds. The maximum atomic E-state index is 11.5. The largest absolute Gasteiger partial charge is 0.513 e. The van der Waals surface area contributed by atoms with Crippen molar-refractivity contribution in [1.82, 2.24) is 0 Å². The first-order valence-corrected chi connectivity index (χ1v) is 7.13. The lowest BCUT2D eigenvalue weighted by Crippen LogP contribution is -2.20. The van der Waals surface area contributed by atoms with Crippen molar-refractivity contribution in [1.29, 1.82) is 0 Å². The zero-order valence-electron chi connectivity index (χ0n) is 14.4. The lowest BCUT2D eigenvalue weighted by molar-refractivity contribution is 0.120. The third-order valence-corrected chi connectivity index (χ3v) is 3.37. The lowest BCUT2D eigenvalue weighted by Gasteiger charge is -2.29. The molecule has 0 atom stereocenters. The van der Waals surface area contributed by atoms with Gasteiger partial charge in [0, 0.05) is 24.4 Å². The van der Waals surface area contributed by atoms with Crippen molar-refractivity contribution in [2.45, 2.75) is 52.4 Å². The van der Waals surface area contributed by atoms with Gasteiger partial charge in [0.2, 0.25) is 0 Å². The second-order valence-corrected chi connectivity index (χ2v) is 7.20. The van der Waals surface area contributed by atoms with Gasteiger partial charge in [-0.2, -0.15) is 0 Å². The maximum Gasteiger partial charge on any atom is 0.513 e. The van der Waals surface area contributed by atoms with Crippen LogP contribution in [0, 0.1) is 0 Å². The molecule has 1 aromatic carbocycles. The van der Waals surface area contributed by atoms with E-state index < -0.39 is 6.16 Å². The topological polar surface area (TPSA) is 47.6 Å². The van der Waals surface area contributed by atoms with Crippen LogP contribution in [0.15, 0.2) is 12.1 Å². The van der Waals surface area contributed by atoms with Gasteiger partial charge in [-0.1, -0.05) is 41.5 Å². The number of nitrogens with one attached hydrogen (secondary N) is 1. The number of anilines is 1. The second kappa shape index (κ2) is 5.96. The zero-order valence-corrected chi connectivity index (χ0v) is 14.4. The summed E-state index contributed by atoms with van der Waals surface area (Å²) in [5.41, 5.74) is 2.97. The smallest absolute Gasteiger partial charge is 0.437 e. The maximum absolute atomic E-state index is 11.5. The molecule has 0 aliphatic rings. The Morgan fingerprint density at radius 1 is 1.00 bits per heavy atom. The van der Waals surface area contributed by atoms with E-state index in [2.05, 4.69) is 57.7 Å². The van der Waals surface area contributed by atoms with E-state index >= 15 is 0 Å². The molecular formula is C17H27NO3. The van der Waals surface area contributed by atoms with Crippen molar-refractivity contribution in [2.75, 3.05) is 19.5 Å². The first-order chi connectivity index (χ1) is 9.50. The van der Waals surface area contributed by atoms with Gasteiger partial charge in [-0.05, 0) is 22.5 Å². The van der Waals surface area contributed by atoms with E-state index in [1.54, 1.807) is 0 Å². The molecule has 0 heterocycles. The Balaban J connectivity index is 3.53. The van der Waals surface area contributed by atoms with E-state index in [4.69, 9.17) is 4.74 Å². The summed E-state index contributed by atoms with van der Waals surface area (Å²) in [5, 5.41) is 3.18. The molecule has 0 aliphatic carbocycles. The number of carbonyl (C=O) groups excluding carboxylic acids is 1. The number of ether oxygens (including phenoxy) is 2. The van der Waals surface area contributed by atoms with Crippen LogP contribution in [0.5, 0.6) is 5.75 Å². The quantitative estimate of drug-likeness (QED) is 0.645. The van der Waals surface area contributed by atoms with Crippen molar-refractivity contribution in [3.8, 4) is 5.75 Å². The highest BCUT2D eigenvalue weighted by Crippen LogP contribution is 2.40. The molecule has 0 saturated heterocycles. The highest BCUT2D eigenvalue weighted by atomic mass is 16.7. The molecule has 1 rings (SSSR count). The minimum Gasteiger partial charge on any atom is -0.437 e. The molecule has 0 unspecified atom stereocenters. The second-order valence-electron chi connectivity index (χ2n) is 7.20. The van der Waals surface area contributed by atoms with Crippen molar-refractivity contribution in [2.24, 2.45) is 0 Å². The molecule has 0 fully saturated rings. The van der Waals surface area contributed by atoms with Crippen molar-refractivity contribution < 1.29 is 14.3 Å². The number of methoxy groups -OCH3 is 1. The van der Waals surface area contributed by atoms with Crippen LogP contribution < -0.4 is 10.1 Å². The molecule has 1 N–H and O–H groups in total. The van der Waals surface area contributed by atoms with E-state index in [9.17, 15) is 4.79 Å². The lowest BCUT2D eigenvalue weighted by atomic mass is 9.79. The Bertz CT molecular complexity index is 522. The fourth-order valence-electron chi connectivity index (χ4n) is 2.21. The average Bonchev–Trinajstić information content (AvgIpc) is 2.35. The summed E-state index contributed by atoms with van der Waals surface area (Å²) in [6, 6.07) is 3.99. The van der Waals surface area contributed by atoms with Gasteiger partial charge in [0.25, 0.3) is 0 Å². The summed E-state index contributed by atoms with van der Waals surface area (Å²) in [4.78, 5) is 11.5. The molecular weight excluding hydrogens is 266 g/mol. The highest BCUT2D eigenvalue weighted by Gasteiger charge is 2.26. The van der Waals surface area contributed by atoms with Gasteiger partial charge >= 0.3 is 6.16 Å². The third-order valence-electron chi connectivity index (χ3n) is 3.37. The fraction of sp³-hybridized carbons (Fsp3) is 0.588.